The lowest BCUT2D eigenvalue weighted by molar-refractivity contribution is -0.133. The van der Waals surface area contributed by atoms with Gasteiger partial charge in [0.2, 0.25) is 5.91 Å². The summed E-state index contributed by atoms with van der Waals surface area (Å²) in [6, 6.07) is 7.87. The van der Waals surface area contributed by atoms with E-state index in [-0.39, 0.29) is 10.8 Å². The first-order chi connectivity index (χ1) is 13.4. The summed E-state index contributed by atoms with van der Waals surface area (Å²) in [5.74, 6) is -0.0687. The number of sulfonamides is 1. The largest absolute Gasteiger partial charge is 0.337 e. The maximum atomic E-state index is 12.7. The van der Waals surface area contributed by atoms with Crippen molar-refractivity contribution in [1.82, 2.24) is 9.88 Å². The SMILES string of the molecule is CCCC[C@H](N)C(=O)N1CCc2ccc(S(=O)(=O)Nc3cccnc3)cc2C1. The van der Waals surface area contributed by atoms with E-state index in [1.165, 1.54) is 6.20 Å². The molecule has 8 heteroatoms. The smallest absolute Gasteiger partial charge is 0.261 e. The lowest BCUT2D eigenvalue weighted by Crippen LogP contribution is -2.45. The summed E-state index contributed by atoms with van der Waals surface area (Å²) in [5, 5.41) is 0. The molecule has 2 heterocycles. The van der Waals surface area contributed by atoms with Crippen molar-refractivity contribution in [2.75, 3.05) is 11.3 Å². The zero-order valence-corrected chi connectivity index (χ0v) is 16.8. The standard InChI is InChI=1S/C20H26N4O3S/c1-2-3-6-19(21)20(25)24-11-9-15-7-8-18(12-16(15)14-24)28(26,27)23-17-5-4-10-22-13-17/h4-5,7-8,10,12-13,19,23H,2-3,6,9,11,14,21H2,1H3/t19-/m0/s1. The molecule has 1 aromatic carbocycles. The quantitative estimate of drug-likeness (QED) is 0.739. The van der Waals surface area contributed by atoms with Crippen LogP contribution in [-0.4, -0.2) is 36.8 Å². The van der Waals surface area contributed by atoms with Gasteiger partial charge in [-0.1, -0.05) is 25.8 Å². The molecular formula is C20H26N4O3S. The minimum Gasteiger partial charge on any atom is -0.337 e. The van der Waals surface area contributed by atoms with Gasteiger partial charge in [-0.15, -0.1) is 0 Å². The predicted octanol–water partition coefficient (Wildman–Crippen LogP) is 2.28. The summed E-state index contributed by atoms with van der Waals surface area (Å²) in [5.41, 5.74) is 8.34. The van der Waals surface area contributed by atoms with Gasteiger partial charge in [0.05, 0.1) is 22.8 Å². The summed E-state index contributed by atoms with van der Waals surface area (Å²) < 4.78 is 27.9. The van der Waals surface area contributed by atoms with Crippen LogP contribution in [0.4, 0.5) is 5.69 Å². The molecule has 0 saturated heterocycles. The third-order valence-corrected chi connectivity index (χ3v) is 6.29. The van der Waals surface area contributed by atoms with Crippen LogP contribution < -0.4 is 10.5 Å². The average molecular weight is 403 g/mol. The van der Waals surface area contributed by atoms with Gasteiger partial charge in [0.1, 0.15) is 0 Å². The van der Waals surface area contributed by atoms with Crippen molar-refractivity contribution >= 4 is 21.6 Å². The summed E-state index contributed by atoms with van der Waals surface area (Å²) in [6.07, 6.45) is 6.30. The number of anilines is 1. The zero-order chi connectivity index (χ0) is 20.1. The Morgan fingerprint density at radius 2 is 2.14 bits per heavy atom. The number of nitrogens with one attached hydrogen (secondary N) is 1. The number of nitrogens with two attached hydrogens (primary N) is 1. The molecule has 1 atom stereocenters. The van der Waals surface area contributed by atoms with Gasteiger partial charge in [-0.05, 0) is 48.2 Å². The van der Waals surface area contributed by atoms with E-state index in [4.69, 9.17) is 5.73 Å². The Balaban J connectivity index is 1.77. The Labute approximate surface area is 166 Å². The van der Waals surface area contributed by atoms with Crippen molar-refractivity contribution in [1.29, 1.82) is 0 Å². The van der Waals surface area contributed by atoms with Crippen molar-refractivity contribution in [3.05, 3.63) is 53.9 Å². The molecule has 1 aromatic heterocycles. The Hall–Kier alpha value is -2.45. The molecule has 28 heavy (non-hydrogen) atoms. The molecule has 0 saturated carbocycles. The molecule has 1 aliphatic heterocycles. The van der Waals surface area contributed by atoms with Crippen LogP contribution in [0.15, 0.2) is 47.6 Å². The molecule has 1 aliphatic rings. The lowest BCUT2D eigenvalue weighted by atomic mass is 9.99. The molecule has 0 fully saturated rings. The molecule has 0 unspecified atom stereocenters. The summed E-state index contributed by atoms with van der Waals surface area (Å²) in [7, 11) is -3.73. The molecule has 1 amide bonds. The number of nitrogens with zero attached hydrogens (tertiary/aromatic N) is 2. The molecular weight excluding hydrogens is 376 g/mol. The molecule has 2 aromatic rings. The second-order valence-electron chi connectivity index (χ2n) is 7.04. The van der Waals surface area contributed by atoms with Gasteiger partial charge in [0, 0.05) is 19.3 Å². The van der Waals surface area contributed by atoms with Crippen LogP contribution >= 0.6 is 0 Å². The number of carbonyl (C=O) groups is 1. The molecule has 0 spiro atoms. The van der Waals surface area contributed by atoms with Gasteiger partial charge < -0.3 is 10.6 Å². The highest BCUT2D eigenvalue weighted by Gasteiger charge is 2.26. The maximum absolute atomic E-state index is 12.7. The molecule has 3 rings (SSSR count). The Bertz CT molecular complexity index is 932. The second-order valence-corrected chi connectivity index (χ2v) is 8.72. The topological polar surface area (TPSA) is 105 Å². The number of unbranched alkanes of at least 4 members (excludes halogenated alkanes) is 1. The number of benzene rings is 1. The first-order valence-corrected chi connectivity index (χ1v) is 11.0. The van der Waals surface area contributed by atoms with Crippen molar-refractivity contribution in [3.63, 3.8) is 0 Å². The summed E-state index contributed by atoms with van der Waals surface area (Å²) >= 11 is 0. The van der Waals surface area contributed by atoms with Crippen LogP contribution in [0, 0.1) is 0 Å². The van der Waals surface area contributed by atoms with Crippen LogP contribution in [0.25, 0.3) is 0 Å². The zero-order valence-electron chi connectivity index (χ0n) is 16.0. The number of rotatable bonds is 7. The highest BCUT2D eigenvalue weighted by molar-refractivity contribution is 7.92. The first-order valence-electron chi connectivity index (χ1n) is 9.49. The summed E-state index contributed by atoms with van der Waals surface area (Å²) in [6.45, 7) is 3.05. The third-order valence-electron chi connectivity index (χ3n) is 4.91. The minimum absolute atomic E-state index is 0.0687. The highest BCUT2D eigenvalue weighted by atomic mass is 32.2. The number of hydrogen-bond donors (Lipinski definition) is 2. The van der Waals surface area contributed by atoms with Crippen molar-refractivity contribution in [2.24, 2.45) is 5.73 Å². The van der Waals surface area contributed by atoms with Gasteiger partial charge >= 0.3 is 0 Å². The Morgan fingerprint density at radius 3 is 2.86 bits per heavy atom. The number of hydrogen-bond acceptors (Lipinski definition) is 5. The predicted molar refractivity (Wildman–Crippen MR) is 108 cm³/mol. The second kappa shape index (κ2) is 8.70. The average Bonchev–Trinajstić information content (AvgIpc) is 2.71. The Kier molecular flexibility index (Phi) is 6.31. The van der Waals surface area contributed by atoms with Gasteiger partial charge in [0.15, 0.2) is 0 Å². The fourth-order valence-electron chi connectivity index (χ4n) is 3.31. The highest BCUT2D eigenvalue weighted by Crippen LogP contribution is 2.24. The Morgan fingerprint density at radius 1 is 1.32 bits per heavy atom. The van der Waals surface area contributed by atoms with E-state index in [2.05, 4.69) is 16.6 Å². The van der Waals surface area contributed by atoms with Gasteiger partial charge in [-0.2, -0.15) is 0 Å². The van der Waals surface area contributed by atoms with E-state index < -0.39 is 16.1 Å². The maximum Gasteiger partial charge on any atom is 0.261 e. The van der Waals surface area contributed by atoms with E-state index in [9.17, 15) is 13.2 Å². The number of carbonyl (C=O) groups excluding carboxylic acids is 1. The van der Waals surface area contributed by atoms with E-state index in [1.807, 2.05) is 6.07 Å². The molecule has 0 aliphatic carbocycles. The van der Waals surface area contributed by atoms with Gasteiger partial charge in [-0.3, -0.25) is 14.5 Å². The van der Waals surface area contributed by atoms with Crippen molar-refractivity contribution < 1.29 is 13.2 Å². The van der Waals surface area contributed by atoms with E-state index in [1.54, 1.807) is 35.4 Å². The third kappa shape index (κ3) is 4.69. The summed E-state index contributed by atoms with van der Waals surface area (Å²) in [4.78, 5) is 18.4. The van der Waals surface area contributed by atoms with Crippen LogP contribution in [0.3, 0.4) is 0 Å². The normalized spacial score (nSPS) is 15.0. The van der Waals surface area contributed by atoms with E-state index >= 15 is 0 Å². The fraction of sp³-hybridized carbons (Fsp3) is 0.400. The minimum atomic E-state index is -3.73. The van der Waals surface area contributed by atoms with Crippen molar-refractivity contribution in [3.8, 4) is 0 Å². The number of fused-ring (bicyclic) bond motifs is 1. The first kappa shape index (κ1) is 20.3. The number of pyridine rings is 1. The van der Waals surface area contributed by atoms with Gasteiger partial charge in [-0.25, -0.2) is 8.42 Å². The van der Waals surface area contributed by atoms with Crippen LogP contribution in [0.5, 0.6) is 0 Å². The number of aromatic nitrogens is 1. The molecule has 0 radical (unpaired) electrons. The lowest BCUT2D eigenvalue weighted by Gasteiger charge is -2.31. The molecule has 7 nitrogen and oxygen atoms in total. The van der Waals surface area contributed by atoms with Crippen LogP contribution in [-0.2, 0) is 27.8 Å². The molecule has 150 valence electrons. The monoisotopic (exact) mass is 402 g/mol. The van der Waals surface area contributed by atoms with E-state index in [0.717, 1.165) is 24.0 Å². The number of amides is 1. The molecule has 0 bridgehead atoms. The van der Waals surface area contributed by atoms with Crippen LogP contribution in [0.2, 0.25) is 0 Å². The van der Waals surface area contributed by atoms with Gasteiger partial charge in [0.25, 0.3) is 10.0 Å². The molecule has 3 N–H and O–H groups in total. The fourth-order valence-corrected chi connectivity index (χ4v) is 4.40. The van der Waals surface area contributed by atoms with Crippen LogP contribution in [0.1, 0.15) is 37.3 Å². The van der Waals surface area contributed by atoms with Crippen molar-refractivity contribution in [2.45, 2.75) is 50.1 Å². The van der Waals surface area contributed by atoms with E-state index in [0.29, 0.717) is 31.6 Å².